The number of hydrogen-bond donors (Lipinski definition) is 3. The van der Waals surface area contributed by atoms with Crippen LogP contribution in [0.25, 0.3) is 0 Å². The van der Waals surface area contributed by atoms with Gasteiger partial charge in [0, 0.05) is 39.0 Å². The summed E-state index contributed by atoms with van der Waals surface area (Å²) in [6, 6.07) is 0. The number of rotatable bonds is 5. The van der Waals surface area contributed by atoms with Crippen LogP contribution in [0.4, 0.5) is 0 Å². The normalized spacial score (nSPS) is 21.4. The predicted octanol–water partition coefficient (Wildman–Crippen LogP) is -0.371. The molecule has 16 heavy (non-hydrogen) atoms. The molecule has 5 heteroatoms. The minimum Gasteiger partial charge on any atom is -0.388 e. The zero-order chi connectivity index (χ0) is 12.0. The Kier molecular flexibility index (Phi) is 5.18. The maximum Gasteiger partial charge on any atom is 0.220 e. The molecule has 0 spiro atoms. The van der Waals surface area contributed by atoms with Crippen molar-refractivity contribution in [3.05, 3.63) is 0 Å². The molecule has 0 radical (unpaired) electrons. The Morgan fingerprint density at radius 2 is 2.19 bits per heavy atom. The van der Waals surface area contributed by atoms with Crippen LogP contribution >= 0.6 is 0 Å². The molecular weight excluding hydrogens is 208 g/mol. The van der Waals surface area contributed by atoms with Gasteiger partial charge < -0.3 is 20.9 Å². The first kappa shape index (κ1) is 13.4. The molecule has 0 aromatic rings. The van der Waals surface area contributed by atoms with Gasteiger partial charge in [-0.05, 0) is 12.5 Å². The average Bonchev–Trinajstić information content (AvgIpc) is 2.27. The van der Waals surface area contributed by atoms with Gasteiger partial charge in [0.1, 0.15) is 0 Å². The molecule has 94 valence electrons. The first-order chi connectivity index (χ1) is 7.56. The number of carbonyl (C=O) groups is 1. The zero-order valence-electron chi connectivity index (χ0n) is 9.87. The number of ether oxygens (including phenoxy) is 1. The quantitative estimate of drug-likeness (QED) is 0.601. The Labute approximate surface area is 96.3 Å². The van der Waals surface area contributed by atoms with E-state index in [1.54, 1.807) is 0 Å². The van der Waals surface area contributed by atoms with Crippen LogP contribution < -0.4 is 11.1 Å². The first-order valence-corrected chi connectivity index (χ1v) is 5.82. The van der Waals surface area contributed by atoms with Gasteiger partial charge in [-0.1, -0.05) is 6.92 Å². The lowest BCUT2D eigenvalue weighted by atomic mass is 9.94. The second-order valence-electron chi connectivity index (χ2n) is 4.66. The van der Waals surface area contributed by atoms with Gasteiger partial charge in [-0.3, -0.25) is 4.79 Å². The molecule has 1 fully saturated rings. The van der Waals surface area contributed by atoms with Crippen molar-refractivity contribution < 1.29 is 14.6 Å². The van der Waals surface area contributed by atoms with Crippen molar-refractivity contribution in [3.8, 4) is 0 Å². The molecular formula is C11H22N2O3. The summed E-state index contributed by atoms with van der Waals surface area (Å²) in [4.78, 5) is 11.5. The van der Waals surface area contributed by atoms with Gasteiger partial charge in [0.2, 0.25) is 5.91 Å². The van der Waals surface area contributed by atoms with Crippen molar-refractivity contribution in [3.63, 3.8) is 0 Å². The molecule has 4 N–H and O–H groups in total. The molecule has 1 aliphatic rings. The van der Waals surface area contributed by atoms with E-state index >= 15 is 0 Å². The van der Waals surface area contributed by atoms with Crippen molar-refractivity contribution in [2.75, 3.05) is 26.3 Å². The predicted molar refractivity (Wildman–Crippen MR) is 60.8 cm³/mol. The summed E-state index contributed by atoms with van der Waals surface area (Å²) in [5, 5.41) is 12.9. The zero-order valence-corrected chi connectivity index (χ0v) is 9.87. The van der Waals surface area contributed by atoms with Crippen LogP contribution in [0, 0.1) is 5.92 Å². The fourth-order valence-electron chi connectivity index (χ4n) is 1.66. The van der Waals surface area contributed by atoms with Crippen molar-refractivity contribution >= 4 is 5.91 Å². The Morgan fingerprint density at radius 3 is 2.75 bits per heavy atom. The second kappa shape index (κ2) is 6.18. The molecule has 1 aliphatic heterocycles. The van der Waals surface area contributed by atoms with Gasteiger partial charge >= 0.3 is 0 Å². The number of aliphatic hydroxyl groups is 1. The van der Waals surface area contributed by atoms with Crippen molar-refractivity contribution in [2.45, 2.75) is 31.8 Å². The highest BCUT2D eigenvalue weighted by molar-refractivity contribution is 5.76. The Bertz CT molecular complexity index is 227. The molecule has 1 saturated heterocycles. The molecule has 1 atom stereocenters. The molecule has 5 nitrogen and oxygen atoms in total. The van der Waals surface area contributed by atoms with Gasteiger partial charge in [0.15, 0.2) is 0 Å². The Morgan fingerprint density at radius 1 is 1.56 bits per heavy atom. The third-order valence-corrected chi connectivity index (χ3v) is 2.97. The largest absolute Gasteiger partial charge is 0.388 e. The summed E-state index contributed by atoms with van der Waals surface area (Å²) in [5.74, 6) is 0.141. The molecule has 1 rings (SSSR count). The standard InChI is InChI=1S/C11H22N2O3/c1-9(7-12)6-10(14)13-8-11(15)2-4-16-5-3-11/h9,15H,2-8,12H2,1H3,(H,13,14). The lowest BCUT2D eigenvalue weighted by Gasteiger charge is -2.32. The lowest BCUT2D eigenvalue weighted by molar-refractivity contribution is -0.124. The van der Waals surface area contributed by atoms with E-state index in [2.05, 4.69) is 5.32 Å². The smallest absolute Gasteiger partial charge is 0.220 e. The highest BCUT2D eigenvalue weighted by Crippen LogP contribution is 2.19. The van der Waals surface area contributed by atoms with Gasteiger partial charge in [0.25, 0.3) is 0 Å². The van der Waals surface area contributed by atoms with Crippen LogP contribution in [-0.4, -0.2) is 42.9 Å². The van der Waals surface area contributed by atoms with E-state index in [9.17, 15) is 9.90 Å². The summed E-state index contributed by atoms with van der Waals surface area (Å²) in [6.07, 6.45) is 1.59. The van der Waals surface area contributed by atoms with Crippen LogP contribution in [-0.2, 0) is 9.53 Å². The number of hydrogen-bond acceptors (Lipinski definition) is 4. The van der Waals surface area contributed by atoms with Gasteiger partial charge in [0.05, 0.1) is 5.60 Å². The van der Waals surface area contributed by atoms with Crippen molar-refractivity contribution in [2.24, 2.45) is 11.7 Å². The molecule has 1 unspecified atom stereocenters. The molecule has 0 saturated carbocycles. The SMILES string of the molecule is CC(CN)CC(=O)NCC1(O)CCOCC1. The number of carbonyl (C=O) groups excluding carboxylic acids is 1. The van der Waals surface area contributed by atoms with Crippen molar-refractivity contribution in [1.82, 2.24) is 5.32 Å². The van der Waals surface area contributed by atoms with E-state index in [-0.39, 0.29) is 11.8 Å². The van der Waals surface area contributed by atoms with Gasteiger partial charge in [-0.15, -0.1) is 0 Å². The summed E-state index contributed by atoms with van der Waals surface area (Å²) < 4.78 is 5.16. The average molecular weight is 230 g/mol. The molecule has 0 bridgehead atoms. The van der Waals surface area contributed by atoms with E-state index in [0.717, 1.165) is 0 Å². The van der Waals surface area contributed by atoms with Crippen LogP contribution in [0.3, 0.4) is 0 Å². The summed E-state index contributed by atoms with van der Waals surface area (Å²) in [6.45, 7) is 3.87. The maximum absolute atomic E-state index is 11.5. The van der Waals surface area contributed by atoms with Crippen molar-refractivity contribution in [1.29, 1.82) is 0 Å². The third-order valence-electron chi connectivity index (χ3n) is 2.97. The van der Waals surface area contributed by atoms with E-state index < -0.39 is 5.60 Å². The van der Waals surface area contributed by atoms with Gasteiger partial charge in [-0.25, -0.2) is 0 Å². The Balaban J connectivity index is 2.24. The Hall–Kier alpha value is -0.650. The lowest BCUT2D eigenvalue weighted by Crippen LogP contribution is -2.46. The first-order valence-electron chi connectivity index (χ1n) is 5.82. The summed E-state index contributed by atoms with van der Waals surface area (Å²) >= 11 is 0. The fraction of sp³-hybridized carbons (Fsp3) is 0.909. The van der Waals surface area contributed by atoms with Crippen LogP contribution in [0.1, 0.15) is 26.2 Å². The van der Waals surface area contributed by atoms with E-state index in [1.165, 1.54) is 0 Å². The third kappa shape index (κ3) is 4.47. The summed E-state index contributed by atoms with van der Waals surface area (Å²) in [7, 11) is 0. The fourth-order valence-corrected chi connectivity index (χ4v) is 1.66. The molecule has 1 heterocycles. The van der Waals surface area contributed by atoms with E-state index in [0.29, 0.717) is 45.6 Å². The molecule has 0 aromatic heterocycles. The minimum atomic E-state index is -0.792. The summed E-state index contributed by atoms with van der Waals surface area (Å²) in [5.41, 5.74) is 4.65. The van der Waals surface area contributed by atoms with Crippen LogP contribution in [0.5, 0.6) is 0 Å². The van der Waals surface area contributed by atoms with Crippen LogP contribution in [0.15, 0.2) is 0 Å². The van der Waals surface area contributed by atoms with E-state index in [4.69, 9.17) is 10.5 Å². The van der Waals surface area contributed by atoms with Gasteiger partial charge in [-0.2, -0.15) is 0 Å². The molecule has 0 aromatic carbocycles. The monoisotopic (exact) mass is 230 g/mol. The number of amides is 1. The molecule has 1 amide bonds. The highest BCUT2D eigenvalue weighted by atomic mass is 16.5. The van der Waals surface area contributed by atoms with E-state index in [1.807, 2.05) is 6.92 Å². The maximum atomic E-state index is 11.5. The highest BCUT2D eigenvalue weighted by Gasteiger charge is 2.30. The number of nitrogens with one attached hydrogen (secondary N) is 1. The second-order valence-corrected chi connectivity index (χ2v) is 4.66. The van der Waals surface area contributed by atoms with Crippen LogP contribution in [0.2, 0.25) is 0 Å². The minimum absolute atomic E-state index is 0.0436. The number of nitrogens with two attached hydrogens (primary N) is 1. The topological polar surface area (TPSA) is 84.6 Å². The molecule has 0 aliphatic carbocycles.